The van der Waals surface area contributed by atoms with Crippen molar-refractivity contribution >= 4 is 21.6 Å². The molecule has 1 atom stereocenters. The van der Waals surface area contributed by atoms with Gasteiger partial charge < -0.3 is 5.32 Å². The average molecular weight is 338 g/mol. The van der Waals surface area contributed by atoms with Gasteiger partial charge in [0.15, 0.2) is 0 Å². The zero-order valence-corrected chi connectivity index (χ0v) is 14.9. The zero-order valence-electron chi connectivity index (χ0n) is 14.1. The van der Waals surface area contributed by atoms with Crippen molar-refractivity contribution in [2.45, 2.75) is 58.2 Å². The van der Waals surface area contributed by atoms with Crippen LogP contribution in [-0.2, 0) is 20.6 Å². The van der Waals surface area contributed by atoms with Crippen LogP contribution in [0.5, 0.6) is 0 Å². The first-order valence-electron chi connectivity index (χ1n) is 8.14. The van der Waals surface area contributed by atoms with Gasteiger partial charge in [0.1, 0.15) is 0 Å². The molecule has 1 aromatic carbocycles. The summed E-state index contributed by atoms with van der Waals surface area (Å²) in [7, 11) is -3.38. The molecule has 6 heteroatoms. The van der Waals surface area contributed by atoms with Crippen LogP contribution in [0.2, 0.25) is 0 Å². The summed E-state index contributed by atoms with van der Waals surface area (Å²) in [4.78, 5) is 12.3. The Morgan fingerprint density at radius 3 is 2.61 bits per heavy atom. The predicted octanol–water partition coefficient (Wildman–Crippen LogP) is 3.03. The largest absolute Gasteiger partial charge is 0.326 e. The van der Waals surface area contributed by atoms with Crippen LogP contribution >= 0.6 is 0 Å². The van der Waals surface area contributed by atoms with E-state index in [-0.39, 0.29) is 23.1 Å². The summed E-state index contributed by atoms with van der Waals surface area (Å²) in [5.41, 5.74) is 1.04. The number of rotatable bonds is 7. The van der Waals surface area contributed by atoms with Crippen LogP contribution in [0, 0.1) is 5.41 Å². The Morgan fingerprint density at radius 2 is 2.04 bits per heavy atom. The number of carbonyl (C=O) groups is 1. The molecule has 23 heavy (non-hydrogen) atoms. The number of hydrogen-bond donors (Lipinski definition) is 2. The van der Waals surface area contributed by atoms with Gasteiger partial charge in [-0.2, -0.15) is 0 Å². The van der Waals surface area contributed by atoms with Crippen molar-refractivity contribution in [1.29, 1.82) is 0 Å². The normalized spacial score (nSPS) is 18.0. The van der Waals surface area contributed by atoms with Gasteiger partial charge in [-0.1, -0.05) is 32.4 Å². The van der Waals surface area contributed by atoms with Crippen LogP contribution in [0.25, 0.3) is 0 Å². The van der Waals surface area contributed by atoms with Crippen molar-refractivity contribution < 1.29 is 13.2 Å². The maximum atomic E-state index is 12.3. The quantitative estimate of drug-likeness (QED) is 0.802. The van der Waals surface area contributed by atoms with Gasteiger partial charge >= 0.3 is 0 Å². The summed E-state index contributed by atoms with van der Waals surface area (Å²) in [6.07, 6.45) is 3.65. The molecule has 2 rings (SSSR count). The molecule has 0 radical (unpaired) electrons. The number of hydrogen-bond acceptors (Lipinski definition) is 3. The number of nitrogens with one attached hydrogen (secondary N) is 2. The molecule has 5 nitrogen and oxygen atoms in total. The molecule has 1 aliphatic carbocycles. The number of benzene rings is 1. The maximum absolute atomic E-state index is 12.3. The summed E-state index contributed by atoms with van der Waals surface area (Å²) >= 11 is 0. The van der Waals surface area contributed by atoms with Crippen LogP contribution in [-0.4, -0.2) is 20.4 Å². The highest BCUT2D eigenvalue weighted by Gasteiger charge is 2.39. The molecule has 0 aromatic heterocycles. The third-order valence-corrected chi connectivity index (χ3v) is 6.01. The summed E-state index contributed by atoms with van der Waals surface area (Å²) < 4.78 is 26.9. The van der Waals surface area contributed by atoms with Crippen molar-refractivity contribution in [1.82, 2.24) is 4.72 Å². The van der Waals surface area contributed by atoms with Gasteiger partial charge in [0.05, 0.1) is 5.75 Å². The molecular formula is C17H26N2O3S. The average Bonchev–Trinajstić information content (AvgIpc) is 2.43. The molecule has 128 valence electrons. The summed E-state index contributed by atoms with van der Waals surface area (Å²) in [6.45, 7) is 5.74. The highest BCUT2D eigenvalue weighted by Crippen LogP contribution is 2.41. The van der Waals surface area contributed by atoms with E-state index in [2.05, 4.69) is 10.0 Å². The van der Waals surface area contributed by atoms with Gasteiger partial charge in [-0.3, -0.25) is 4.79 Å². The van der Waals surface area contributed by atoms with Gasteiger partial charge in [0.25, 0.3) is 0 Å². The van der Waals surface area contributed by atoms with Gasteiger partial charge in [-0.15, -0.1) is 0 Å². The molecule has 1 unspecified atom stereocenters. The lowest BCUT2D eigenvalue weighted by molar-refractivity contribution is -0.128. The first kappa shape index (κ1) is 17.9. The molecule has 0 saturated heterocycles. The van der Waals surface area contributed by atoms with E-state index in [4.69, 9.17) is 0 Å². The predicted molar refractivity (Wildman–Crippen MR) is 92.5 cm³/mol. The van der Waals surface area contributed by atoms with Crippen LogP contribution in [0.3, 0.4) is 0 Å². The molecule has 0 bridgehead atoms. The minimum absolute atomic E-state index is 0.0153. The molecule has 1 amide bonds. The molecule has 1 saturated carbocycles. The molecule has 0 spiro atoms. The fourth-order valence-corrected chi connectivity index (χ4v) is 4.09. The Bertz CT molecular complexity index is 666. The lowest BCUT2D eigenvalue weighted by Gasteiger charge is -2.36. The number of amides is 1. The van der Waals surface area contributed by atoms with E-state index in [1.54, 1.807) is 24.3 Å². The van der Waals surface area contributed by atoms with Gasteiger partial charge in [0, 0.05) is 17.1 Å². The standard InChI is InChI=1S/C17H26N2O3S/c1-4-13(2)19-23(21,22)12-14-7-5-8-15(11-14)18-16(20)17(3)9-6-10-17/h5,7-8,11,13,19H,4,6,9-10,12H2,1-3H3,(H,18,20). The lowest BCUT2D eigenvalue weighted by Crippen LogP contribution is -2.39. The molecule has 1 aromatic rings. The van der Waals surface area contributed by atoms with Crippen LogP contribution in [0.15, 0.2) is 24.3 Å². The first-order chi connectivity index (χ1) is 10.7. The van der Waals surface area contributed by atoms with Crippen molar-refractivity contribution in [3.05, 3.63) is 29.8 Å². The summed E-state index contributed by atoms with van der Waals surface area (Å²) in [5, 5.41) is 2.91. The SMILES string of the molecule is CCC(C)NS(=O)(=O)Cc1cccc(NC(=O)C2(C)CCC2)c1. The fourth-order valence-electron chi connectivity index (χ4n) is 2.61. The van der Waals surface area contributed by atoms with Crippen LogP contribution in [0.1, 0.15) is 52.0 Å². The van der Waals surface area contributed by atoms with E-state index in [9.17, 15) is 13.2 Å². The topological polar surface area (TPSA) is 75.3 Å². The maximum Gasteiger partial charge on any atom is 0.230 e. The number of carbonyl (C=O) groups excluding carboxylic acids is 1. The molecule has 0 heterocycles. The van der Waals surface area contributed by atoms with E-state index < -0.39 is 10.0 Å². The number of anilines is 1. The Labute approximate surface area is 138 Å². The van der Waals surface area contributed by atoms with Crippen molar-refractivity contribution in [2.24, 2.45) is 5.41 Å². The van der Waals surface area contributed by atoms with E-state index in [1.165, 1.54) is 0 Å². The van der Waals surface area contributed by atoms with Gasteiger partial charge in [-0.25, -0.2) is 13.1 Å². The Kier molecular flexibility index (Phi) is 5.47. The molecule has 1 aliphatic rings. The molecule has 2 N–H and O–H groups in total. The third kappa shape index (κ3) is 4.78. The fraction of sp³-hybridized carbons (Fsp3) is 0.588. The minimum Gasteiger partial charge on any atom is -0.326 e. The van der Waals surface area contributed by atoms with Crippen LogP contribution < -0.4 is 10.0 Å². The smallest absolute Gasteiger partial charge is 0.230 e. The van der Waals surface area contributed by atoms with E-state index >= 15 is 0 Å². The Hall–Kier alpha value is -1.40. The Balaban J connectivity index is 2.03. The first-order valence-corrected chi connectivity index (χ1v) is 9.80. The molecule has 0 aliphatic heterocycles. The van der Waals surface area contributed by atoms with E-state index in [0.717, 1.165) is 25.7 Å². The summed E-state index contributed by atoms with van der Waals surface area (Å²) in [6, 6.07) is 6.97. The van der Waals surface area contributed by atoms with E-state index in [0.29, 0.717) is 11.3 Å². The lowest BCUT2D eigenvalue weighted by atomic mass is 9.70. The second-order valence-electron chi connectivity index (χ2n) is 6.75. The van der Waals surface area contributed by atoms with Crippen molar-refractivity contribution in [3.8, 4) is 0 Å². The summed E-state index contributed by atoms with van der Waals surface area (Å²) in [5.74, 6) is -0.0697. The van der Waals surface area contributed by atoms with E-state index in [1.807, 2.05) is 20.8 Å². The van der Waals surface area contributed by atoms with Crippen molar-refractivity contribution in [2.75, 3.05) is 5.32 Å². The number of sulfonamides is 1. The highest BCUT2D eigenvalue weighted by molar-refractivity contribution is 7.88. The highest BCUT2D eigenvalue weighted by atomic mass is 32.2. The van der Waals surface area contributed by atoms with Gasteiger partial charge in [0.2, 0.25) is 15.9 Å². The van der Waals surface area contributed by atoms with Crippen LogP contribution in [0.4, 0.5) is 5.69 Å². The molecular weight excluding hydrogens is 312 g/mol. The Morgan fingerprint density at radius 1 is 1.35 bits per heavy atom. The zero-order chi connectivity index (χ0) is 17.1. The molecule has 1 fully saturated rings. The second-order valence-corrected chi connectivity index (χ2v) is 8.51. The third-order valence-electron chi connectivity index (χ3n) is 4.54. The van der Waals surface area contributed by atoms with Crippen molar-refractivity contribution in [3.63, 3.8) is 0 Å². The second kappa shape index (κ2) is 7.01. The minimum atomic E-state index is -3.38. The van der Waals surface area contributed by atoms with Gasteiger partial charge in [-0.05, 0) is 43.9 Å². The monoisotopic (exact) mass is 338 g/mol.